The highest BCUT2D eigenvalue weighted by molar-refractivity contribution is 6.20. The van der Waals surface area contributed by atoms with E-state index in [0.717, 1.165) is 0 Å². The number of aliphatic hydroxyl groups excluding tert-OH is 1. The predicted octanol–water partition coefficient (Wildman–Crippen LogP) is 4.76. The molecule has 1 aliphatic carbocycles. The van der Waals surface area contributed by atoms with E-state index in [2.05, 4.69) is 5.10 Å². The summed E-state index contributed by atoms with van der Waals surface area (Å²) in [6, 6.07) is 21.9. The molecule has 36 heavy (non-hydrogen) atoms. The van der Waals surface area contributed by atoms with Crippen LogP contribution in [0.3, 0.4) is 0 Å². The predicted molar refractivity (Wildman–Crippen MR) is 134 cm³/mol. The Morgan fingerprint density at radius 3 is 2.14 bits per heavy atom. The Labute approximate surface area is 208 Å². The molecule has 1 heterocycles. The third-order valence-electron chi connectivity index (χ3n) is 7.78. The van der Waals surface area contributed by atoms with Crippen LogP contribution in [0.5, 0.6) is 0 Å². The van der Waals surface area contributed by atoms with Crippen LogP contribution in [0.15, 0.2) is 90.0 Å². The highest BCUT2D eigenvalue weighted by Crippen LogP contribution is 2.58. The Balaban J connectivity index is 1.75. The molecule has 0 bridgehead atoms. The minimum absolute atomic E-state index is 0.328. The fourth-order valence-electron chi connectivity index (χ4n) is 6.19. The van der Waals surface area contributed by atoms with Crippen molar-refractivity contribution < 1.29 is 19.2 Å². The summed E-state index contributed by atoms with van der Waals surface area (Å²) >= 11 is 0. The van der Waals surface area contributed by atoms with Gasteiger partial charge in [-0.1, -0.05) is 67.6 Å². The average molecular weight is 488 g/mol. The number of carbonyl (C=O) groups excluding carboxylic acids is 1. The maximum Gasteiger partial charge on any atom is 0.262 e. The summed E-state index contributed by atoms with van der Waals surface area (Å²) in [7, 11) is 0. The van der Waals surface area contributed by atoms with Crippen molar-refractivity contribution in [2.45, 2.75) is 37.8 Å². The van der Waals surface area contributed by atoms with Crippen molar-refractivity contribution in [2.75, 3.05) is 5.01 Å². The molecule has 1 fully saturated rings. The lowest BCUT2D eigenvalue weighted by atomic mass is 9.51. The number of amides is 1. The van der Waals surface area contributed by atoms with E-state index in [1.54, 1.807) is 68.4 Å². The molecule has 0 aromatic heterocycles. The molecule has 6 atom stereocenters. The van der Waals surface area contributed by atoms with Gasteiger partial charge in [-0.2, -0.15) is 10.1 Å². The van der Waals surface area contributed by atoms with Crippen LogP contribution < -0.4 is 5.01 Å². The standard InChI is InChI=1S/C28H26FN3O4/c1-17-23(19-13-15-21(29)16-14-19)25(32(35)36)24(20-9-5-3-6-10-20)28(26(17)33)18(2)30-31(27(28)34)22-11-7-4-8-12-22/h3-17,23-26,33H,1-2H3/t17-,23+,24-,25+,26+,28-/m1/s1. The molecular weight excluding hydrogens is 461 g/mol. The SMILES string of the molecule is CC1=NN(c2ccccc2)C(=O)[C@@]12[C@H](c1ccccc1)[C@@H]([N+](=O)[O-])[C@H](c1ccc(F)cc1)[C@@H](C)[C@@H]2O. The first-order chi connectivity index (χ1) is 17.3. The Hall–Kier alpha value is -3.91. The summed E-state index contributed by atoms with van der Waals surface area (Å²) in [5.41, 5.74) is 0.304. The van der Waals surface area contributed by atoms with Crippen molar-refractivity contribution >= 4 is 17.3 Å². The largest absolute Gasteiger partial charge is 0.391 e. The molecule has 3 aromatic rings. The fraction of sp³-hybridized carbons (Fsp3) is 0.286. The number of hydrazone groups is 1. The van der Waals surface area contributed by atoms with Crippen LogP contribution in [-0.4, -0.2) is 33.8 Å². The molecule has 8 heteroatoms. The molecule has 0 unspecified atom stereocenters. The van der Waals surface area contributed by atoms with Gasteiger partial charge in [0.1, 0.15) is 11.2 Å². The van der Waals surface area contributed by atoms with Crippen molar-refractivity contribution in [1.29, 1.82) is 0 Å². The second-order valence-corrected chi connectivity index (χ2v) is 9.55. The van der Waals surface area contributed by atoms with Crippen LogP contribution in [0.1, 0.15) is 36.8 Å². The number of benzene rings is 3. The minimum atomic E-state index is -1.65. The molecule has 7 nitrogen and oxygen atoms in total. The van der Waals surface area contributed by atoms with E-state index in [1.165, 1.54) is 29.3 Å². The highest BCUT2D eigenvalue weighted by atomic mass is 19.1. The number of nitrogens with zero attached hydrogens (tertiary/aromatic N) is 3. The van der Waals surface area contributed by atoms with Gasteiger partial charge >= 0.3 is 0 Å². The third kappa shape index (κ3) is 3.44. The summed E-state index contributed by atoms with van der Waals surface area (Å²) in [5, 5.41) is 30.6. The average Bonchev–Trinajstić information content (AvgIpc) is 3.15. The number of halogens is 1. The maximum absolute atomic E-state index is 14.3. The third-order valence-corrected chi connectivity index (χ3v) is 7.78. The van der Waals surface area contributed by atoms with Gasteiger partial charge in [0.05, 0.1) is 29.3 Å². The Bertz CT molecular complexity index is 1320. The van der Waals surface area contributed by atoms with E-state index < -0.39 is 47.0 Å². The van der Waals surface area contributed by atoms with E-state index in [4.69, 9.17) is 0 Å². The molecular formula is C28H26FN3O4. The molecule has 1 N–H and O–H groups in total. The lowest BCUT2D eigenvalue weighted by Gasteiger charge is -2.50. The van der Waals surface area contributed by atoms with Crippen molar-refractivity contribution in [1.82, 2.24) is 0 Å². The van der Waals surface area contributed by atoms with Gasteiger partial charge < -0.3 is 5.11 Å². The van der Waals surface area contributed by atoms with Gasteiger partial charge in [0.15, 0.2) is 0 Å². The molecule has 1 saturated carbocycles. The van der Waals surface area contributed by atoms with Gasteiger partial charge in [-0.25, -0.2) is 4.39 Å². The lowest BCUT2D eigenvalue weighted by Crippen LogP contribution is -2.64. The number of hydrogen-bond donors (Lipinski definition) is 1. The first-order valence-corrected chi connectivity index (χ1v) is 11.9. The van der Waals surface area contributed by atoms with Gasteiger partial charge in [0.2, 0.25) is 6.04 Å². The van der Waals surface area contributed by atoms with Crippen molar-refractivity contribution in [2.24, 2.45) is 16.4 Å². The van der Waals surface area contributed by atoms with Crippen molar-refractivity contribution in [3.63, 3.8) is 0 Å². The second kappa shape index (κ2) is 8.95. The van der Waals surface area contributed by atoms with Crippen LogP contribution in [0, 0.1) is 27.3 Å². The fourth-order valence-corrected chi connectivity index (χ4v) is 6.19. The number of nitro groups is 1. The number of para-hydroxylation sites is 1. The van der Waals surface area contributed by atoms with Crippen LogP contribution in [0.4, 0.5) is 10.1 Å². The summed E-state index contributed by atoms with van der Waals surface area (Å²) < 4.78 is 13.7. The molecule has 184 valence electrons. The molecule has 1 spiro atoms. The zero-order chi connectivity index (χ0) is 25.6. The van der Waals surface area contributed by atoms with Crippen molar-refractivity contribution in [3.05, 3.63) is 112 Å². The molecule has 2 aliphatic rings. The van der Waals surface area contributed by atoms with Crippen LogP contribution in [0.2, 0.25) is 0 Å². The first kappa shape index (κ1) is 23.8. The molecule has 0 radical (unpaired) electrons. The van der Waals surface area contributed by atoms with Crippen LogP contribution >= 0.6 is 0 Å². The zero-order valence-electron chi connectivity index (χ0n) is 19.9. The minimum Gasteiger partial charge on any atom is -0.391 e. The quantitative estimate of drug-likeness (QED) is 0.424. The van der Waals surface area contributed by atoms with E-state index in [9.17, 15) is 24.4 Å². The number of carbonyl (C=O) groups is 1. The van der Waals surface area contributed by atoms with E-state index in [-0.39, 0.29) is 4.92 Å². The number of aliphatic hydroxyl groups is 1. The van der Waals surface area contributed by atoms with Crippen molar-refractivity contribution in [3.8, 4) is 0 Å². The highest BCUT2D eigenvalue weighted by Gasteiger charge is 2.70. The summed E-state index contributed by atoms with van der Waals surface area (Å²) in [6.07, 6.45) is -1.28. The summed E-state index contributed by atoms with van der Waals surface area (Å²) in [4.78, 5) is 26.7. The zero-order valence-corrected chi connectivity index (χ0v) is 19.9. The van der Waals surface area contributed by atoms with Gasteiger partial charge in [0, 0.05) is 4.92 Å². The molecule has 0 saturated heterocycles. The van der Waals surface area contributed by atoms with Gasteiger partial charge in [-0.15, -0.1) is 0 Å². The van der Waals surface area contributed by atoms with Gasteiger partial charge in [0.25, 0.3) is 5.91 Å². The smallest absolute Gasteiger partial charge is 0.262 e. The number of rotatable bonds is 4. The van der Waals surface area contributed by atoms with E-state index >= 15 is 0 Å². The lowest BCUT2D eigenvalue weighted by molar-refractivity contribution is -0.539. The van der Waals surface area contributed by atoms with E-state index in [1.807, 2.05) is 6.07 Å². The Morgan fingerprint density at radius 2 is 1.56 bits per heavy atom. The topological polar surface area (TPSA) is 96.0 Å². The number of hydrogen-bond acceptors (Lipinski definition) is 5. The van der Waals surface area contributed by atoms with Crippen LogP contribution in [-0.2, 0) is 4.79 Å². The summed E-state index contributed by atoms with van der Waals surface area (Å²) in [5.74, 6) is -3.43. The second-order valence-electron chi connectivity index (χ2n) is 9.55. The molecule has 5 rings (SSSR count). The normalized spacial score (nSPS) is 29.9. The maximum atomic E-state index is 14.3. The Kier molecular flexibility index (Phi) is 5.92. The first-order valence-electron chi connectivity index (χ1n) is 11.9. The summed E-state index contributed by atoms with van der Waals surface area (Å²) in [6.45, 7) is 3.37. The Morgan fingerprint density at radius 1 is 0.972 bits per heavy atom. The van der Waals surface area contributed by atoms with Gasteiger partial charge in [-0.05, 0) is 48.2 Å². The molecule has 1 amide bonds. The monoisotopic (exact) mass is 487 g/mol. The van der Waals surface area contributed by atoms with Crippen LogP contribution in [0.25, 0.3) is 0 Å². The van der Waals surface area contributed by atoms with E-state index in [0.29, 0.717) is 22.5 Å². The van der Waals surface area contributed by atoms with Gasteiger partial charge in [-0.3, -0.25) is 14.9 Å². The number of anilines is 1. The molecule has 1 aliphatic heterocycles. The molecule has 3 aromatic carbocycles.